The molecule has 0 N–H and O–H groups in total. The zero-order chi connectivity index (χ0) is 20.6. The fourth-order valence-electron chi connectivity index (χ4n) is 3.55. The van der Waals surface area contributed by atoms with E-state index < -0.39 is 0 Å². The maximum absolute atomic E-state index is 12.6. The van der Waals surface area contributed by atoms with Crippen molar-refractivity contribution in [3.8, 4) is 6.07 Å². The molecular formula is C23H26N4O2. The van der Waals surface area contributed by atoms with E-state index in [1.54, 1.807) is 29.2 Å². The summed E-state index contributed by atoms with van der Waals surface area (Å²) in [6.45, 7) is 5.86. The number of nitrogens with zero attached hydrogens (tertiary/aromatic N) is 4. The molecule has 6 heteroatoms. The number of carbonyl (C=O) groups is 2. The fraction of sp³-hybridized carbons (Fsp3) is 0.348. The fourth-order valence-corrected chi connectivity index (χ4v) is 3.55. The smallest absolute Gasteiger partial charge is 0.224 e. The highest BCUT2D eigenvalue weighted by Gasteiger charge is 2.22. The third kappa shape index (κ3) is 5.66. The maximum Gasteiger partial charge on any atom is 0.224 e. The van der Waals surface area contributed by atoms with Gasteiger partial charge in [0, 0.05) is 58.3 Å². The Morgan fingerprint density at radius 1 is 1.00 bits per heavy atom. The third-order valence-corrected chi connectivity index (χ3v) is 5.21. The third-order valence-electron chi connectivity index (χ3n) is 5.21. The van der Waals surface area contributed by atoms with Crippen LogP contribution in [0.25, 0.3) is 0 Å². The summed E-state index contributed by atoms with van der Waals surface area (Å²) in [7, 11) is 0. The van der Waals surface area contributed by atoms with Gasteiger partial charge in [-0.25, -0.2) is 0 Å². The first kappa shape index (κ1) is 20.6. The van der Waals surface area contributed by atoms with E-state index in [0.29, 0.717) is 30.9 Å². The first-order chi connectivity index (χ1) is 14.1. The molecule has 0 unspecified atom stereocenters. The van der Waals surface area contributed by atoms with Crippen molar-refractivity contribution in [3.05, 3.63) is 65.7 Å². The van der Waals surface area contributed by atoms with Crippen molar-refractivity contribution in [1.29, 1.82) is 5.26 Å². The number of hydrogen-bond donors (Lipinski definition) is 0. The molecule has 0 bridgehead atoms. The van der Waals surface area contributed by atoms with Gasteiger partial charge in [-0.05, 0) is 29.8 Å². The number of piperazine rings is 1. The Morgan fingerprint density at radius 3 is 2.24 bits per heavy atom. The number of nitriles is 1. The lowest BCUT2D eigenvalue weighted by molar-refractivity contribution is -0.132. The number of rotatable bonds is 6. The summed E-state index contributed by atoms with van der Waals surface area (Å²) in [6, 6.07) is 19.3. The summed E-state index contributed by atoms with van der Waals surface area (Å²) in [4.78, 5) is 30.5. The standard InChI is InChI=1S/C23H26N4O2/c1-19(28)27(22-9-7-20(17-24)8-10-22)12-11-23(29)26-15-13-25(14-16-26)18-21-5-3-2-4-6-21/h2-10H,11-16,18H2,1H3. The number of carbonyl (C=O) groups excluding carboxylic acids is 2. The molecular weight excluding hydrogens is 364 g/mol. The quantitative estimate of drug-likeness (QED) is 0.760. The zero-order valence-electron chi connectivity index (χ0n) is 16.8. The van der Waals surface area contributed by atoms with Gasteiger partial charge in [0.2, 0.25) is 11.8 Å². The van der Waals surface area contributed by atoms with E-state index in [0.717, 1.165) is 19.6 Å². The van der Waals surface area contributed by atoms with E-state index in [4.69, 9.17) is 5.26 Å². The minimum atomic E-state index is -0.116. The van der Waals surface area contributed by atoms with Crippen LogP contribution in [0.1, 0.15) is 24.5 Å². The van der Waals surface area contributed by atoms with Gasteiger partial charge in [-0.1, -0.05) is 30.3 Å². The molecule has 0 spiro atoms. The maximum atomic E-state index is 12.6. The molecule has 2 aromatic carbocycles. The summed E-state index contributed by atoms with van der Waals surface area (Å²) in [5, 5.41) is 8.91. The normalized spacial score (nSPS) is 14.3. The van der Waals surface area contributed by atoms with Crippen molar-refractivity contribution in [1.82, 2.24) is 9.80 Å². The predicted octanol–water partition coefficient (Wildman–Crippen LogP) is 2.65. The number of benzene rings is 2. The predicted molar refractivity (Wildman–Crippen MR) is 112 cm³/mol. The van der Waals surface area contributed by atoms with Crippen LogP contribution < -0.4 is 4.90 Å². The van der Waals surface area contributed by atoms with Crippen molar-refractivity contribution in [2.24, 2.45) is 0 Å². The molecule has 1 aliphatic heterocycles. The molecule has 0 saturated carbocycles. The Labute approximate surface area is 171 Å². The minimum Gasteiger partial charge on any atom is -0.340 e. The van der Waals surface area contributed by atoms with Crippen LogP contribution in [0, 0.1) is 11.3 Å². The molecule has 2 amide bonds. The lowest BCUT2D eigenvalue weighted by Crippen LogP contribution is -2.49. The van der Waals surface area contributed by atoms with Crippen molar-refractivity contribution in [2.45, 2.75) is 19.9 Å². The summed E-state index contributed by atoms with van der Waals surface area (Å²) < 4.78 is 0. The van der Waals surface area contributed by atoms with Gasteiger partial charge in [-0.3, -0.25) is 14.5 Å². The lowest BCUT2D eigenvalue weighted by Gasteiger charge is -2.35. The highest BCUT2D eigenvalue weighted by atomic mass is 16.2. The Balaban J connectivity index is 1.49. The van der Waals surface area contributed by atoms with E-state index in [-0.39, 0.29) is 18.2 Å². The van der Waals surface area contributed by atoms with Crippen LogP contribution in [0.5, 0.6) is 0 Å². The van der Waals surface area contributed by atoms with Crippen LogP contribution in [0.3, 0.4) is 0 Å². The van der Waals surface area contributed by atoms with E-state index in [1.807, 2.05) is 23.1 Å². The van der Waals surface area contributed by atoms with Crippen LogP contribution >= 0.6 is 0 Å². The van der Waals surface area contributed by atoms with Crippen LogP contribution in [-0.2, 0) is 16.1 Å². The van der Waals surface area contributed by atoms with Crippen molar-refractivity contribution in [3.63, 3.8) is 0 Å². The summed E-state index contributed by atoms with van der Waals surface area (Å²) in [5.41, 5.74) is 2.53. The first-order valence-electron chi connectivity index (χ1n) is 9.89. The molecule has 29 heavy (non-hydrogen) atoms. The van der Waals surface area contributed by atoms with Crippen molar-refractivity contribution < 1.29 is 9.59 Å². The minimum absolute atomic E-state index is 0.0734. The van der Waals surface area contributed by atoms with Crippen LogP contribution in [0.4, 0.5) is 5.69 Å². The molecule has 1 fully saturated rings. The summed E-state index contributed by atoms with van der Waals surface area (Å²) in [5.74, 6) is -0.0422. The molecule has 1 aliphatic rings. The van der Waals surface area contributed by atoms with Crippen LogP contribution in [0.2, 0.25) is 0 Å². The number of amides is 2. The molecule has 2 aromatic rings. The van der Waals surface area contributed by atoms with E-state index in [2.05, 4.69) is 23.1 Å². The van der Waals surface area contributed by atoms with Gasteiger partial charge in [0.1, 0.15) is 0 Å². The second-order valence-electron chi connectivity index (χ2n) is 7.22. The van der Waals surface area contributed by atoms with Crippen LogP contribution in [0.15, 0.2) is 54.6 Å². The van der Waals surface area contributed by atoms with Gasteiger partial charge >= 0.3 is 0 Å². The van der Waals surface area contributed by atoms with Gasteiger partial charge in [-0.15, -0.1) is 0 Å². The molecule has 0 radical (unpaired) electrons. The highest BCUT2D eigenvalue weighted by Crippen LogP contribution is 2.17. The first-order valence-corrected chi connectivity index (χ1v) is 9.89. The average molecular weight is 390 g/mol. The van der Waals surface area contributed by atoms with Gasteiger partial charge < -0.3 is 9.80 Å². The largest absolute Gasteiger partial charge is 0.340 e. The zero-order valence-corrected chi connectivity index (χ0v) is 16.8. The Kier molecular flexibility index (Phi) is 6.99. The number of anilines is 1. The SMILES string of the molecule is CC(=O)N(CCC(=O)N1CCN(Cc2ccccc2)CC1)c1ccc(C#N)cc1. The second-order valence-corrected chi connectivity index (χ2v) is 7.22. The average Bonchev–Trinajstić information content (AvgIpc) is 2.75. The topological polar surface area (TPSA) is 67.7 Å². The highest BCUT2D eigenvalue weighted by molar-refractivity contribution is 5.92. The molecule has 1 saturated heterocycles. The Morgan fingerprint density at radius 2 is 1.66 bits per heavy atom. The van der Waals surface area contributed by atoms with Gasteiger partial charge in [0.15, 0.2) is 0 Å². The molecule has 3 rings (SSSR count). The molecule has 0 aromatic heterocycles. The number of hydrogen-bond acceptors (Lipinski definition) is 4. The van der Waals surface area contributed by atoms with E-state index in [9.17, 15) is 9.59 Å². The molecule has 6 nitrogen and oxygen atoms in total. The second kappa shape index (κ2) is 9.85. The van der Waals surface area contributed by atoms with Crippen molar-refractivity contribution in [2.75, 3.05) is 37.6 Å². The Hall–Kier alpha value is -3.17. The van der Waals surface area contributed by atoms with Gasteiger partial charge in [0.05, 0.1) is 11.6 Å². The van der Waals surface area contributed by atoms with E-state index in [1.165, 1.54) is 12.5 Å². The van der Waals surface area contributed by atoms with Gasteiger partial charge in [0.25, 0.3) is 0 Å². The molecule has 0 atom stereocenters. The molecule has 1 heterocycles. The summed E-state index contributed by atoms with van der Waals surface area (Å²) >= 11 is 0. The lowest BCUT2D eigenvalue weighted by atomic mass is 10.2. The Bertz CT molecular complexity index is 866. The van der Waals surface area contributed by atoms with E-state index >= 15 is 0 Å². The summed E-state index contributed by atoms with van der Waals surface area (Å²) in [6.07, 6.45) is 0.290. The molecule has 150 valence electrons. The molecule has 0 aliphatic carbocycles. The van der Waals surface area contributed by atoms with Crippen LogP contribution in [-0.4, -0.2) is 54.3 Å². The van der Waals surface area contributed by atoms with Crippen molar-refractivity contribution >= 4 is 17.5 Å². The monoisotopic (exact) mass is 390 g/mol. The van der Waals surface area contributed by atoms with Gasteiger partial charge in [-0.2, -0.15) is 5.26 Å².